The topological polar surface area (TPSA) is 75.3 Å². The van der Waals surface area contributed by atoms with Gasteiger partial charge in [0.1, 0.15) is 0 Å². The molecule has 0 aromatic heterocycles. The van der Waals surface area contributed by atoms with Crippen molar-refractivity contribution in [1.29, 1.82) is 0 Å². The fraction of sp³-hybridized carbons (Fsp3) is 0.190. The summed E-state index contributed by atoms with van der Waals surface area (Å²) in [6.07, 6.45) is 0.283. The molecule has 0 spiro atoms. The average molecular weight is 350 g/mol. The second kappa shape index (κ2) is 9.32. The van der Waals surface area contributed by atoms with E-state index in [1.165, 1.54) is 0 Å². The molecule has 1 atom stereocenters. The van der Waals surface area contributed by atoms with Gasteiger partial charge in [0.25, 0.3) is 5.91 Å². The number of amides is 2. The lowest BCUT2D eigenvalue weighted by Gasteiger charge is -2.18. The number of carbonyl (C=O) groups is 3. The molecule has 2 rings (SSSR count). The van der Waals surface area contributed by atoms with Crippen molar-refractivity contribution in [2.24, 2.45) is 0 Å². The Labute approximate surface area is 153 Å². The van der Waals surface area contributed by atoms with Crippen molar-refractivity contribution in [3.05, 3.63) is 83.9 Å². The molecule has 134 valence electrons. The summed E-state index contributed by atoms with van der Waals surface area (Å²) in [4.78, 5) is 36.8. The lowest BCUT2D eigenvalue weighted by Crippen LogP contribution is -2.43. The monoisotopic (exact) mass is 350 g/mol. The van der Waals surface area contributed by atoms with E-state index in [0.717, 1.165) is 0 Å². The largest absolute Gasteiger partial charge is 0.352 e. The number of carbonyl (C=O) groups excluding carboxylic acids is 3. The molecule has 0 aliphatic heterocycles. The Morgan fingerprint density at radius 2 is 1.46 bits per heavy atom. The third kappa shape index (κ3) is 5.41. The van der Waals surface area contributed by atoms with Crippen LogP contribution in [0.4, 0.5) is 0 Å². The van der Waals surface area contributed by atoms with Crippen LogP contribution in [0.2, 0.25) is 0 Å². The summed E-state index contributed by atoms with van der Waals surface area (Å²) in [7, 11) is 0. The second-order valence-electron chi connectivity index (χ2n) is 5.95. The Kier molecular flexibility index (Phi) is 6.85. The quantitative estimate of drug-likeness (QED) is 0.568. The maximum absolute atomic E-state index is 12.8. The highest BCUT2D eigenvalue weighted by Gasteiger charge is 2.22. The van der Waals surface area contributed by atoms with Crippen LogP contribution in [0.25, 0.3) is 0 Å². The molecular weight excluding hydrogens is 328 g/mol. The van der Waals surface area contributed by atoms with E-state index in [1.807, 2.05) is 12.1 Å². The molecule has 26 heavy (non-hydrogen) atoms. The molecule has 2 amide bonds. The molecule has 0 saturated carbocycles. The Hall–Kier alpha value is -3.21. The van der Waals surface area contributed by atoms with Crippen LogP contribution < -0.4 is 10.6 Å². The van der Waals surface area contributed by atoms with Crippen molar-refractivity contribution in [1.82, 2.24) is 10.6 Å². The molecular formula is C21H22N2O3. The molecule has 0 bridgehead atoms. The number of hydrogen-bond acceptors (Lipinski definition) is 3. The van der Waals surface area contributed by atoms with Gasteiger partial charge in [-0.2, -0.15) is 0 Å². The van der Waals surface area contributed by atoms with Crippen molar-refractivity contribution in [2.75, 3.05) is 6.54 Å². The average Bonchev–Trinajstić information content (AvgIpc) is 2.67. The highest BCUT2D eigenvalue weighted by molar-refractivity contribution is 6.04. The number of Topliss-reactive ketones (excluding diaryl/α,β-unsaturated/α-hetero) is 1. The number of nitrogens with one attached hydrogen (secondary N) is 2. The molecule has 0 saturated heterocycles. The van der Waals surface area contributed by atoms with Gasteiger partial charge in [-0.1, -0.05) is 55.1 Å². The van der Waals surface area contributed by atoms with E-state index >= 15 is 0 Å². The molecule has 0 fully saturated rings. The summed E-state index contributed by atoms with van der Waals surface area (Å²) in [5.41, 5.74) is 1.38. The SMILES string of the molecule is C=C(C)C(=O)NCCC(NC(=O)c1ccccc1)C(=O)c1ccccc1. The van der Waals surface area contributed by atoms with Crippen LogP contribution in [0.3, 0.4) is 0 Å². The zero-order valence-corrected chi connectivity index (χ0v) is 14.7. The molecule has 0 heterocycles. The zero-order chi connectivity index (χ0) is 18.9. The number of ketones is 1. The highest BCUT2D eigenvalue weighted by atomic mass is 16.2. The standard InChI is InChI=1S/C21H22N2O3/c1-15(2)20(25)22-14-13-18(19(24)16-9-5-3-6-10-16)23-21(26)17-11-7-4-8-12-17/h3-12,18H,1,13-14H2,2H3,(H,22,25)(H,23,26). The van der Waals surface area contributed by atoms with Crippen molar-refractivity contribution < 1.29 is 14.4 Å². The van der Waals surface area contributed by atoms with Gasteiger partial charge < -0.3 is 10.6 Å². The van der Waals surface area contributed by atoms with E-state index in [-0.39, 0.29) is 30.6 Å². The van der Waals surface area contributed by atoms with Crippen molar-refractivity contribution in [2.45, 2.75) is 19.4 Å². The molecule has 1 unspecified atom stereocenters. The van der Waals surface area contributed by atoms with Gasteiger partial charge in [0.05, 0.1) is 6.04 Å². The van der Waals surface area contributed by atoms with E-state index in [4.69, 9.17) is 0 Å². The summed E-state index contributed by atoms with van der Waals surface area (Å²) >= 11 is 0. The molecule has 2 aromatic carbocycles. The maximum atomic E-state index is 12.8. The molecule has 0 aliphatic carbocycles. The van der Waals surface area contributed by atoms with Crippen LogP contribution in [-0.4, -0.2) is 30.2 Å². The van der Waals surface area contributed by atoms with E-state index in [0.29, 0.717) is 16.7 Å². The summed E-state index contributed by atoms with van der Waals surface area (Å²) < 4.78 is 0. The Balaban J connectivity index is 2.10. The maximum Gasteiger partial charge on any atom is 0.251 e. The first-order valence-corrected chi connectivity index (χ1v) is 8.38. The van der Waals surface area contributed by atoms with Gasteiger partial charge in [0, 0.05) is 23.2 Å². The van der Waals surface area contributed by atoms with Gasteiger partial charge in [-0.05, 0) is 25.5 Å². The minimum Gasteiger partial charge on any atom is -0.352 e. The van der Waals surface area contributed by atoms with E-state index in [2.05, 4.69) is 17.2 Å². The summed E-state index contributed by atoms with van der Waals surface area (Å²) in [6, 6.07) is 16.7. The number of benzene rings is 2. The van der Waals surface area contributed by atoms with Crippen LogP contribution in [-0.2, 0) is 4.79 Å². The third-order valence-electron chi connectivity index (χ3n) is 3.82. The van der Waals surface area contributed by atoms with Crippen LogP contribution >= 0.6 is 0 Å². The van der Waals surface area contributed by atoms with Crippen molar-refractivity contribution in [3.8, 4) is 0 Å². The van der Waals surface area contributed by atoms with Gasteiger partial charge in [-0.3, -0.25) is 14.4 Å². The normalized spacial score (nSPS) is 11.3. The second-order valence-corrected chi connectivity index (χ2v) is 5.95. The van der Waals surface area contributed by atoms with Crippen molar-refractivity contribution >= 4 is 17.6 Å². The molecule has 5 heteroatoms. The summed E-state index contributed by atoms with van der Waals surface area (Å²) in [5.74, 6) is -0.796. The minimum absolute atomic E-state index is 0.195. The lowest BCUT2D eigenvalue weighted by atomic mass is 10.0. The first-order chi connectivity index (χ1) is 12.5. The van der Waals surface area contributed by atoms with Crippen molar-refractivity contribution in [3.63, 3.8) is 0 Å². The zero-order valence-electron chi connectivity index (χ0n) is 14.7. The van der Waals surface area contributed by atoms with Crippen LogP contribution in [0.1, 0.15) is 34.1 Å². The van der Waals surface area contributed by atoms with Gasteiger partial charge >= 0.3 is 0 Å². The van der Waals surface area contributed by atoms with E-state index < -0.39 is 6.04 Å². The van der Waals surface area contributed by atoms with E-state index in [9.17, 15) is 14.4 Å². The van der Waals surface area contributed by atoms with Crippen LogP contribution in [0, 0.1) is 0 Å². The fourth-order valence-corrected chi connectivity index (χ4v) is 2.38. The Morgan fingerprint density at radius 3 is 2.00 bits per heavy atom. The predicted octanol–water partition coefficient (Wildman–Crippen LogP) is 2.75. The lowest BCUT2D eigenvalue weighted by molar-refractivity contribution is -0.117. The Morgan fingerprint density at radius 1 is 0.923 bits per heavy atom. The van der Waals surface area contributed by atoms with Gasteiger partial charge in [0.15, 0.2) is 5.78 Å². The third-order valence-corrected chi connectivity index (χ3v) is 3.82. The smallest absolute Gasteiger partial charge is 0.251 e. The predicted molar refractivity (Wildman–Crippen MR) is 101 cm³/mol. The molecule has 5 nitrogen and oxygen atoms in total. The first-order valence-electron chi connectivity index (χ1n) is 8.38. The van der Waals surface area contributed by atoms with Gasteiger partial charge in [-0.15, -0.1) is 0 Å². The molecule has 0 radical (unpaired) electrons. The minimum atomic E-state index is -0.740. The van der Waals surface area contributed by atoms with Gasteiger partial charge in [-0.25, -0.2) is 0 Å². The fourth-order valence-electron chi connectivity index (χ4n) is 2.38. The Bertz CT molecular complexity index is 785. The molecule has 2 N–H and O–H groups in total. The van der Waals surface area contributed by atoms with E-state index in [1.54, 1.807) is 55.5 Å². The highest BCUT2D eigenvalue weighted by Crippen LogP contribution is 2.08. The summed E-state index contributed by atoms with van der Waals surface area (Å²) in [6.45, 7) is 5.44. The van der Waals surface area contributed by atoms with Crippen LogP contribution in [0.15, 0.2) is 72.8 Å². The number of hydrogen-bond donors (Lipinski definition) is 2. The first kappa shape index (κ1) is 19.1. The number of rotatable bonds is 8. The van der Waals surface area contributed by atoms with Gasteiger partial charge in [0.2, 0.25) is 5.91 Å². The molecule has 0 aliphatic rings. The molecule has 2 aromatic rings. The van der Waals surface area contributed by atoms with Crippen LogP contribution in [0.5, 0.6) is 0 Å². The summed E-state index contributed by atoms with van der Waals surface area (Å²) in [5, 5.41) is 5.46.